The van der Waals surface area contributed by atoms with Gasteiger partial charge in [0.2, 0.25) is 5.95 Å². The second kappa shape index (κ2) is 8.68. The highest BCUT2D eigenvalue weighted by Crippen LogP contribution is 2.20. The minimum absolute atomic E-state index is 0.188. The Labute approximate surface area is 132 Å². The number of anilines is 1. The van der Waals surface area contributed by atoms with Crippen molar-refractivity contribution >= 4 is 11.9 Å². The fourth-order valence-corrected chi connectivity index (χ4v) is 2.71. The van der Waals surface area contributed by atoms with Gasteiger partial charge in [-0.3, -0.25) is 4.79 Å². The largest absolute Gasteiger partial charge is 0.383 e. The summed E-state index contributed by atoms with van der Waals surface area (Å²) in [6.45, 7) is 2.85. The van der Waals surface area contributed by atoms with Crippen molar-refractivity contribution in [2.45, 2.75) is 51.5 Å². The third-order valence-electron chi connectivity index (χ3n) is 3.87. The molecular formula is C16H26N4O2. The number of carbonyl (C=O) groups excluding carboxylic acids is 1. The monoisotopic (exact) mass is 306 g/mol. The van der Waals surface area contributed by atoms with Crippen molar-refractivity contribution in [1.82, 2.24) is 15.3 Å². The average Bonchev–Trinajstić information content (AvgIpc) is 2.75. The van der Waals surface area contributed by atoms with Gasteiger partial charge < -0.3 is 15.4 Å². The summed E-state index contributed by atoms with van der Waals surface area (Å²) in [5.74, 6) is 0.371. The molecule has 6 heteroatoms. The van der Waals surface area contributed by atoms with Crippen LogP contribution in [0, 0.1) is 6.92 Å². The number of hydrogen-bond acceptors (Lipinski definition) is 5. The summed E-state index contributed by atoms with van der Waals surface area (Å²) in [6.07, 6.45) is 7.39. The zero-order valence-electron chi connectivity index (χ0n) is 13.5. The Bertz CT molecular complexity index is 485. The van der Waals surface area contributed by atoms with Crippen molar-refractivity contribution in [3.05, 3.63) is 17.5 Å². The van der Waals surface area contributed by atoms with E-state index in [0.717, 1.165) is 18.5 Å². The molecule has 0 atom stereocenters. The highest BCUT2D eigenvalue weighted by Gasteiger charge is 2.15. The van der Waals surface area contributed by atoms with Crippen LogP contribution < -0.4 is 10.6 Å². The van der Waals surface area contributed by atoms with Crippen LogP contribution >= 0.6 is 0 Å². The molecule has 1 heterocycles. The predicted octanol–water partition coefficient (Wildman–Crippen LogP) is 2.30. The van der Waals surface area contributed by atoms with Gasteiger partial charge in [-0.25, -0.2) is 9.97 Å². The zero-order chi connectivity index (χ0) is 15.8. The summed E-state index contributed by atoms with van der Waals surface area (Å²) in [5, 5.41) is 6.18. The smallest absolute Gasteiger partial charge is 0.270 e. The first-order valence-electron chi connectivity index (χ1n) is 8.08. The van der Waals surface area contributed by atoms with Crippen LogP contribution in [0.3, 0.4) is 0 Å². The number of aryl methyl sites for hydroxylation is 1. The molecule has 1 aliphatic carbocycles. The van der Waals surface area contributed by atoms with Crippen LogP contribution in [0.1, 0.15) is 54.7 Å². The van der Waals surface area contributed by atoms with E-state index in [0.29, 0.717) is 30.8 Å². The molecule has 122 valence electrons. The van der Waals surface area contributed by atoms with Crippen molar-refractivity contribution in [2.24, 2.45) is 0 Å². The maximum Gasteiger partial charge on any atom is 0.270 e. The van der Waals surface area contributed by atoms with Crippen LogP contribution in [0.15, 0.2) is 6.07 Å². The summed E-state index contributed by atoms with van der Waals surface area (Å²) in [5.41, 5.74) is 1.20. The van der Waals surface area contributed by atoms with Crippen molar-refractivity contribution in [3.8, 4) is 0 Å². The Balaban J connectivity index is 2.00. The fourth-order valence-electron chi connectivity index (χ4n) is 2.71. The summed E-state index contributed by atoms with van der Waals surface area (Å²) in [7, 11) is 1.61. The van der Waals surface area contributed by atoms with Gasteiger partial charge in [-0.15, -0.1) is 0 Å². The van der Waals surface area contributed by atoms with Gasteiger partial charge in [0.25, 0.3) is 5.91 Å². The molecule has 0 aromatic carbocycles. The Hall–Kier alpha value is -1.69. The van der Waals surface area contributed by atoms with Gasteiger partial charge in [-0.05, 0) is 25.8 Å². The molecule has 6 nitrogen and oxygen atoms in total. The lowest BCUT2D eigenvalue weighted by atomic mass is 10.1. The van der Waals surface area contributed by atoms with Gasteiger partial charge in [-0.1, -0.05) is 25.7 Å². The van der Waals surface area contributed by atoms with Gasteiger partial charge in [0.15, 0.2) is 0 Å². The molecule has 0 spiro atoms. The van der Waals surface area contributed by atoms with E-state index in [9.17, 15) is 4.79 Å². The first-order valence-corrected chi connectivity index (χ1v) is 8.08. The van der Waals surface area contributed by atoms with Crippen LogP contribution in [0.4, 0.5) is 5.95 Å². The van der Waals surface area contributed by atoms with Crippen LogP contribution in [-0.2, 0) is 4.74 Å². The highest BCUT2D eigenvalue weighted by atomic mass is 16.5. The Morgan fingerprint density at radius 2 is 2.00 bits per heavy atom. The van der Waals surface area contributed by atoms with Gasteiger partial charge in [0, 0.05) is 25.4 Å². The van der Waals surface area contributed by atoms with E-state index in [1.807, 2.05) is 6.92 Å². The molecule has 1 fully saturated rings. The summed E-state index contributed by atoms with van der Waals surface area (Å²) >= 11 is 0. The molecule has 0 unspecified atom stereocenters. The third-order valence-corrected chi connectivity index (χ3v) is 3.87. The molecular weight excluding hydrogens is 280 g/mol. The van der Waals surface area contributed by atoms with E-state index in [1.54, 1.807) is 13.2 Å². The van der Waals surface area contributed by atoms with Crippen molar-refractivity contribution in [1.29, 1.82) is 0 Å². The van der Waals surface area contributed by atoms with E-state index < -0.39 is 0 Å². The Morgan fingerprint density at radius 3 is 2.68 bits per heavy atom. The second-order valence-corrected chi connectivity index (χ2v) is 5.80. The van der Waals surface area contributed by atoms with Gasteiger partial charge in [0.05, 0.1) is 6.61 Å². The third kappa shape index (κ3) is 5.26. The van der Waals surface area contributed by atoms with E-state index in [2.05, 4.69) is 20.6 Å². The van der Waals surface area contributed by atoms with E-state index in [-0.39, 0.29) is 5.91 Å². The molecule has 22 heavy (non-hydrogen) atoms. The molecule has 1 aromatic heterocycles. The topological polar surface area (TPSA) is 76.1 Å². The minimum atomic E-state index is -0.188. The van der Waals surface area contributed by atoms with Gasteiger partial charge in [0.1, 0.15) is 5.69 Å². The lowest BCUT2D eigenvalue weighted by Crippen LogP contribution is -2.28. The predicted molar refractivity (Wildman–Crippen MR) is 86.1 cm³/mol. The SMILES string of the molecule is COCCNC(=O)c1cc(C)nc(NC2CCCCCC2)n1. The number of aromatic nitrogens is 2. The molecule has 1 aliphatic rings. The quantitative estimate of drug-likeness (QED) is 0.623. The molecule has 0 radical (unpaired) electrons. The van der Waals surface area contributed by atoms with E-state index >= 15 is 0 Å². The number of ether oxygens (including phenoxy) is 1. The summed E-state index contributed by atoms with van der Waals surface area (Å²) < 4.78 is 4.93. The molecule has 2 N–H and O–H groups in total. The number of nitrogens with one attached hydrogen (secondary N) is 2. The van der Waals surface area contributed by atoms with Crippen molar-refractivity contribution in [3.63, 3.8) is 0 Å². The van der Waals surface area contributed by atoms with E-state index in [1.165, 1.54) is 25.7 Å². The Morgan fingerprint density at radius 1 is 1.27 bits per heavy atom. The van der Waals surface area contributed by atoms with Crippen molar-refractivity contribution < 1.29 is 9.53 Å². The zero-order valence-corrected chi connectivity index (χ0v) is 13.5. The normalized spacial score (nSPS) is 16.1. The average molecular weight is 306 g/mol. The standard InChI is InChI=1S/C16H26N4O2/c1-12-11-14(15(21)17-9-10-22-2)20-16(18-12)19-13-7-5-3-4-6-8-13/h11,13H,3-10H2,1-2H3,(H,17,21)(H,18,19,20). The number of rotatable bonds is 6. The summed E-state index contributed by atoms with van der Waals surface area (Å²) in [4.78, 5) is 20.9. The minimum Gasteiger partial charge on any atom is -0.383 e. The molecule has 0 saturated heterocycles. The fraction of sp³-hybridized carbons (Fsp3) is 0.688. The molecule has 0 aliphatic heterocycles. The molecule has 1 amide bonds. The summed E-state index contributed by atoms with van der Waals surface area (Å²) in [6, 6.07) is 2.12. The number of carbonyl (C=O) groups is 1. The lowest BCUT2D eigenvalue weighted by molar-refractivity contribution is 0.0932. The maximum absolute atomic E-state index is 12.1. The molecule has 1 saturated carbocycles. The van der Waals surface area contributed by atoms with Gasteiger partial charge in [-0.2, -0.15) is 0 Å². The van der Waals surface area contributed by atoms with Gasteiger partial charge >= 0.3 is 0 Å². The van der Waals surface area contributed by atoms with Crippen LogP contribution in [0.2, 0.25) is 0 Å². The number of methoxy groups -OCH3 is 1. The second-order valence-electron chi connectivity index (χ2n) is 5.80. The number of nitrogens with zero attached hydrogens (tertiary/aromatic N) is 2. The Kier molecular flexibility index (Phi) is 6.58. The molecule has 0 bridgehead atoms. The molecule has 1 aromatic rings. The van der Waals surface area contributed by atoms with Crippen LogP contribution in [-0.4, -0.2) is 42.2 Å². The van der Waals surface area contributed by atoms with Crippen LogP contribution in [0.25, 0.3) is 0 Å². The van der Waals surface area contributed by atoms with Crippen molar-refractivity contribution in [2.75, 3.05) is 25.6 Å². The van der Waals surface area contributed by atoms with Crippen LogP contribution in [0.5, 0.6) is 0 Å². The molecule has 2 rings (SSSR count). The number of hydrogen-bond donors (Lipinski definition) is 2. The van der Waals surface area contributed by atoms with E-state index in [4.69, 9.17) is 4.74 Å². The highest BCUT2D eigenvalue weighted by molar-refractivity contribution is 5.92. The number of amides is 1. The first-order chi connectivity index (χ1) is 10.7. The first kappa shape index (κ1) is 16.7. The lowest BCUT2D eigenvalue weighted by Gasteiger charge is -2.16. The maximum atomic E-state index is 12.1.